The van der Waals surface area contributed by atoms with Gasteiger partial charge in [0.1, 0.15) is 5.75 Å². The smallest absolute Gasteiger partial charge is 0.329 e. The molecule has 0 saturated heterocycles. The third-order valence-corrected chi connectivity index (χ3v) is 2.89. The van der Waals surface area contributed by atoms with Crippen LogP contribution in [0, 0.1) is 20.8 Å². The van der Waals surface area contributed by atoms with Gasteiger partial charge in [-0.3, -0.25) is 9.35 Å². The molecule has 94 valence electrons. The zero-order chi connectivity index (χ0) is 13.2. The molecule has 0 saturated carbocycles. The summed E-state index contributed by atoms with van der Waals surface area (Å²) in [7, 11) is -4.35. The van der Waals surface area contributed by atoms with Gasteiger partial charge in [0.25, 0.3) is 10.1 Å². The van der Waals surface area contributed by atoms with E-state index in [4.69, 9.17) is 9.29 Å². The van der Waals surface area contributed by atoms with E-state index in [0.29, 0.717) is 5.75 Å². The zero-order valence-corrected chi connectivity index (χ0v) is 10.7. The molecule has 0 aromatic heterocycles. The average molecular weight is 258 g/mol. The van der Waals surface area contributed by atoms with Crippen LogP contribution >= 0.6 is 0 Å². The van der Waals surface area contributed by atoms with Gasteiger partial charge in [0.15, 0.2) is 5.75 Å². The molecule has 0 amide bonds. The van der Waals surface area contributed by atoms with Crippen molar-refractivity contribution in [3.05, 3.63) is 28.8 Å². The van der Waals surface area contributed by atoms with Gasteiger partial charge in [-0.2, -0.15) is 8.42 Å². The molecule has 1 aromatic rings. The summed E-state index contributed by atoms with van der Waals surface area (Å²) < 4.78 is 34.4. The van der Waals surface area contributed by atoms with Gasteiger partial charge in [0.2, 0.25) is 0 Å². The molecule has 0 spiro atoms. The first-order chi connectivity index (χ1) is 7.69. The predicted molar refractivity (Wildman–Crippen MR) is 62.7 cm³/mol. The Morgan fingerprint density at radius 3 is 2.41 bits per heavy atom. The molecule has 17 heavy (non-hydrogen) atoms. The van der Waals surface area contributed by atoms with Crippen LogP contribution in [0.2, 0.25) is 0 Å². The van der Waals surface area contributed by atoms with Crippen LogP contribution < -0.4 is 4.74 Å². The summed E-state index contributed by atoms with van der Waals surface area (Å²) in [6.07, 6.45) is 0. The van der Waals surface area contributed by atoms with E-state index in [1.54, 1.807) is 13.0 Å². The summed E-state index contributed by atoms with van der Waals surface area (Å²) in [6, 6.07) is 3.57. The van der Waals surface area contributed by atoms with E-state index in [-0.39, 0.29) is 0 Å². The van der Waals surface area contributed by atoms with Crippen molar-refractivity contribution in [1.82, 2.24) is 0 Å². The molecule has 5 nitrogen and oxygen atoms in total. The van der Waals surface area contributed by atoms with Gasteiger partial charge in [-0.15, -0.1) is 0 Å². The first-order valence-corrected chi connectivity index (χ1v) is 6.53. The molecule has 0 aliphatic rings. The maximum absolute atomic E-state index is 11.2. The van der Waals surface area contributed by atoms with E-state index in [2.05, 4.69) is 0 Å². The molecule has 1 rings (SSSR count). The van der Waals surface area contributed by atoms with Crippen molar-refractivity contribution in [2.45, 2.75) is 20.8 Å². The Morgan fingerprint density at radius 2 is 1.88 bits per heavy atom. The van der Waals surface area contributed by atoms with E-state index in [1.807, 2.05) is 19.9 Å². The van der Waals surface area contributed by atoms with E-state index >= 15 is 0 Å². The minimum atomic E-state index is -4.35. The van der Waals surface area contributed by atoms with Gasteiger partial charge in [-0.25, -0.2) is 0 Å². The quantitative estimate of drug-likeness (QED) is 0.503. The minimum absolute atomic E-state index is 0.316. The van der Waals surface area contributed by atoms with Gasteiger partial charge < -0.3 is 4.74 Å². The van der Waals surface area contributed by atoms with Crippen LogP contribution in [-0.4, -0.2) is 24.7 Å². The van der Waals surface area contributed by atoms with Crippen LogP contribution in [0.15, 0.2) is 12.1 Å². The van der Waals surface area contributed by atoms with Crippen LogP contribution in [-0.2, 0) is 14.9 Å². The highest BCUT2D eigenvalue weighted by Gasteiger charge is 2.16. The highest BCUT2D eigenvalue weighted by atomic mass is 32.2. The van der Waals surface area contributed by atoms with E-state index in [9.17, 15) is 13.2 Å². The highest BCUT2D eigenvalue weighted by molar-refractivity contribution is 7.86. The van der Waals surface area contributed by atoms with Crippen molar-refractivity contribution in [2.75, 3.05) is 5.75 Å². The van der Waals surface area contributed by atoms with Crippen LogP contribution in [0.3, 0.4) is 0 Å². The number of esters is 1. The molecule has 0 unspecified atom stereocenters. The van der Waals surface area contributed by atoms with Gasteiger partial charge in [-0.1, -0.05) is 6.07 Å². The second-order valence-electron chi connectivity index (χ2n) is 3.91. The SMILES string of the molecule is Cc1cc(C)c(C)c(OC(=O)CS(=O)(=O)O)c1. The van der Waals surface area contributed by atoms with Crippen LogP contribution in [0.25, 0.3) is 0 Å². The summed E-state index contributed by atoms with van der Waals surface area (Å²) in [5.74, 6) is -1.73. The Balaban J connectivity index is 2.93. The standard InChI is InChI=1S/C11H14O5S/c1-7-4-8(2)9(3)10(5-7)16-11(12)6-17(13,14)15/h4-5H,6H2,1-3H3,(H,13,14,15). The van der Waals surface area contributed by atoms with Gasteiger partial charge in [0, 0.05) is 0 Å². The predicted octanol–water partition coefficient (Wildman–Crippen LogP) is 1.41. The van der Waals surface area contributed by atoms with Crippen molar-refractivity contribution < 1.29 is 22.5 Å². The molecule has 1 N–H and O–H groups in total. The van der Waals surface area contributed by atoms with E-state index in [1.165, 1.54) is 0 Å². The number of hydrogen-bond acceptors (Lipinski definition) is 4. The van der Waals surface area contributed by atoms with Crippen molar-refractivity contribution in [3.63, 3.8) is 0 Å². The normalized spacial score (nSPS) is 11.3. The molecular weight excluding hydrogens is 244 g/mol. The maximum Gasteiger partial charge on any atom is 0.329 e. The number of carbonyl (C=O) groups excluding carboxylic acids is 1. The lowest BCUT2D eigenvalue weighted by atomic mass is 10.1. The summed E-state index contributed by atoms with van der Waals surface area (Å²) >= 11 is 0. The second-order valence-corrected chi connectivity index (χ2v) is 5.36. The number of ether oxygens (including phenoxy) is 1. The van der Waals surface area contributed by atoms with E-state index < -0.39 is 21.8 Å². The lowest BCUT2D eigenvalue weighted by molar-refractivity contribution is -0.131. The molecular formula is C11H14O5S. The van der Waals surface area contributed by atoms with Crippen molar-refractivity contribution in [3.8, 4) is 5.75 Å². The number of benzene rings is 1. The molecule has 0 fully saturated rings. The Bertz CT molecular complexity index is 545. The molecule has 0 bridgehead atoms. The lowest BCUT2D eigenvalue weighted by Crippen LogP contribution is -2.20. The number of rotatable bonds is 3. The van der Waals surface area contributed by atoms with Gasteiger partial charge in [0.05, 0.1) is 0 Å². The van der Waals surface area contributed by atoms with Gasteiger partial charge in [-0.05, 0) is 43.5 Å². The zero-order valence-electron chi connectivity index (χ0n) is 9.85. The molecule has 0 radical (unpaired) electrons. The van der Waals surface area contributed by atoms with Crippen LogP contribution in [0.1, 0.15) is 16.7 Å². The summed E-state index contributed by atoms with van der Waals surface area (Å²) in [4.78, 5) is 11.2. The number of aryl methyl sites for hydroxylation is 2. The Hall–Kier alpha value is -1.40. The topological polar surface area (TPSA) is 80.7 Å². The fraction of sp³-hybridized carbons (Fsp3) is 0.364. The van der Waals surface area contributed by atoms with Crippen LogP contribution in [0.5, 0.6) is 5.75 Å². The first-order valence-electron chi connectivity index (χ1n) is 4.93. The molecule has 1 aromatic carbocycles. The van der Waals surface area contributed by atoms with Crippen molar-refractivity contribution in [1.29, 1.82) is 0 Å². The fourth-order valence-electron chi connectivity index (χ4n) is 1.41. The fourth-order valence-corrected chi connectivity index (χ4v) is 1.76. The molecule has 0 aliphatic heterocycles. The summed E-state index contributed by atoms with van der Waals surface area (Å²) in [5.41, 5.74) is 2.61. The Labute approximate surface area is 100 Å². The lowest BCUT2D eigenvalue weighted by Gasteiger charge is -2.10. The Morgan fingerprint density at radius 1 is 1.29 bits per heavy atom. The summed E-state index contributed by atoms with van der Waals surface area (Å²) in [6.45, 7) is 5.47. The van der Waals surface area contributed by atoms with Crippen molar-refractivity contribution in [2.24, 2.45) is 0 Å². The number of hydrogen-bond donors (Lipinski definition) is 1. The number of carbonyl (C=O) groups is 1. The minimum Gasteiger partial charge on any atom is -0.425 e. The third-order valence-electron chi connectivity index (χ3n) is 2.29. The maximum atomic E-state index is 11.2. The molecule has 0 atom stereocenters. The average Bonchev–Trinajstić information content (AvgIpc) is 2.10. The van der Waals surface area contributed by atoms with Crippen molar-refractivity contribution >= 4 is 16.1 Å². The molecule has 6 heteroatoms. The molecule has 0 heterocycles. The molecule has 0 aliphatic carbocycles. The monoisotopic (exact) mass is 258 g/mol. The first kappa shape index (κ1) is 13.7. The van der Waals surface area contributed by atoms with Gasteiger partial charge >= 0.3 is 5.97 Å². The summed E-state index contributed by atoms with van der Waals surface area (Å²) in [5, 5.41) is 0. The Kier molecular flexibility index (Phi) is 3.90. The second kappa shape index (κ2) is 4.85. The van der Waals surface area contributed by atoms with Crippen LogP contribution in [0.4, 0.5) is 0 Å². The third kappa shape index (κ3) is 4.16. The highest BCUT2D eigenvalue weighted by Crippen LogP contribution is 2.23. The van der Waals surface area contributed by atoms with E-state index in [0.717, 1.165) is 16.7 Å². The largest absolute Gasteiger partial charge is 0.425 e.